The van der Waals surface area contributed by atoms with E-state index in [2.05, 4.69) is 11.9 Å². The molecular formula is C15H17ClN2O2S. The molecule has 4 nitrogen and oxygen atoms in total. The van der Waals surface area contributed by atoms with Gasteiger partial charge in [0.2, 0.25) is 10.0 Å². The van der Waals surface area contributed by atoms with E-state index < -0.39 is 10.0 Å². The normalized spacial score (nSPS) is 11.8. The Balaban J connectivity index is 2.20. The van der Waals surface area contributed by atoms with Gasteiger partial charge in [-0.05, 0) is 29.7 Å². The van der Waals surface area contributed by atoms with E-state index in [0.29, 0.717) is 6.54 Å². The van der Waals surface area contributed by atoms with Crippen molar-refractivity contribution in [3.63, 3.8) is 0 Å². The van der Waals surface area contributed by atoms with Crippen LogP contribution in [0.25, 0.3) is 0 Å². The Morgan fingerprint density at radius 1 is 1.14 bits per heavy atom. The molecule has 0 aliphatic carbocycles. The van der Waals surface area contributed by atoms with Gasteiger partial charge in [-0.1, -0.05) is 42.8 Å². The van der Waals surface area contributed by atoms with E-state index in [-0.39, 0.29) is 10.0 Å². The highest BCUT2D eigenvalue weighted by Gasteiger charge is 2.21. The minimum Gasteiger partial charge on any atom is -0.244 e. The number of pyridine rings is 1. The predicted molar refractivity (Wildman–Crippen MR) is 83.7 cm³/mol. The third-order valence-corrected chi connectivity index (χ3v) is 5.25. The average molecular weight is 325 g/mol. The fraction of sp³-hybridized carbons (Fsp3) is 0.267. The Hall–Kier alpha value is -1.43. The van der Waals surface area contributed by atoms with Crippen LogP contribution in [0.2, 0.25) is 5.15 Å². The van der Waals surface area contributed by atoms with Crippen molar-refractivity contribution in [2.24, 2.45) is 0 Å². The Labute approximate surface area is 130 Å². The van der Waals surface area contributed by atoms with Crippen LogP contribution in [0, 0.1) is 0 Å². The summed E-state index contributed by atoms with van der Waals surface area (Å²) < 4.78 is 26.2. The van der Waals surface area contributed by atoms with Crippen molar-refractivity contribution in [3.8, 4) is 0 Å². The maximum atomic E-state index is 12.5. The lowest BCUT2D eigenvalue weighted by atomic mass is 10.1. The average Bonchev–Trinajstić information content (AvgIpc) is 2.48. The lowest BCUT2D eigenvalue weighted by molar-refractivity contribution is 0.466. The Morgan fingerprint density at radius 2 is 1.76 bits per heavy atom. The standard InChI is InChI=1S/C15H17ClN2O2S/c1-3-12-4-6-13(7-5-12)11-18(2)21(19,20)14-8-9-17-15(16)10-14/h4-10H,3,11H2,1-2H3. The van der Waals surface area contributed by atoms with Crippen molar-refractivity contribution in [2.45, 2.75) is 24.8 Å². The van der Waals surface area contributed by atoms with Crippen LogP contribution < -0.4 is 0 Å². The number of rotatable bonds is 5. The van der Waals surface area contributed by atoms with E-state index in [4.69, 9.17) is 11.6 Å². The summed E-state index contributed by atoms with van der Waals surface area (Å²) in [6.07, 6.45) is 2.35. The highest BCUT2D eigenvalue weighted by atomic mass is 35.5. The molecule has 0 bridgehead atoms. The molecule has 0 amide bonds. The molecule has 0 aliphatic heterocycles. The lowest BCUT2D eigenvalue weighted by Crippen LogP contribution is -2.26. The zero-order valence-corrected chi connectivity index (χ0v) is 13.5. The first-order chi connectivity index (χ1) is 9.93. The van der Waals surface area contributed by atoms with Crippen molar-refractivity contribution in [3.05, 3.63) is 58.9 Å². The van der Waals surface area contributed by atoms with Crippen LogP contribution in [-0.2, 0) is 23.0 Å². The number of halogens is 1. The lowest BCUT2D eigenvalue weighted by Gasteiger charge is -2.17. The van der Waals surface area contributed by atoms with E-state index in [0.717, 1.165) is 12.0 Å². The smallest absolute Gasteiger partial charge is 0.243 e. The number of nitrogens with zero attached hydrogens (tertiary/aromatic N) is 2. The Kier molecular flexibility index (Phi) is 4.98. The fourth-order valence-corrected chi connectivity index (χ4v) is 3.36. The van der Waals surface area contributed by atoms with Crippen LogP contribution in [0.15, 0.2) is 47.5 Å². The van der Waals surface area contributed by atoms with Crippen molar-refractivity contribution in [1.29, 1.82) is 0 Å². The number of hydrogen-bond donors (Lipinski definition) is 0. The van der Waals surface area contributed by atoms with Crippen molar-refractivity contribution in [2.75, 3.05) is 7.05 Å². The molecule has 1 aromatic heterocycles. The number of benzene rings is 1. The van der Waals surface area contributed by atoms with E-state index in [1.807, 2.05) is 24.3 Å². The van der Waals surface area contributed by atoms with Gasteiger partial charge in [0.1, 0.15) is 5.15 Å². The molecule has 0 spiro atoms. The first-order valence-corrected chi connectivity index (χ1v) is 8.41. The number of aromatic nitrogens is 1. The zero-order chi connectivity index (χ0) is 15.5. The van der Waals surface area contributed by atoms with Gasteiger partial charge in [-0.3, -0.25) is 0 Å². The molecule has 0 unspecified atom stereocenters. The van der Waals surface area contributed by atoms with E-state index in [1.54, 1.807) is 7.05 Å². The molecule has 2 rings (SSSR count). The molecule has 0 radical (unpaired) electrons. The summed E-state index contributed by atoms with van der Waals surface area (Å²) in [6.45, 7) is 2.39. The molecule has 2 aromatic rings. The van der Waals surface area contributed by atoms with Crippen LogP contribution >= 0.6 is 11.6 Å². The first-order valence-electron chi connectivity index (χ1n) is 6.59. The summed E-state index contributed by atoms with van der Waals surface area (Å²) in [6, 6.07) is 10.7. The van der Waals surface area contributed by atoms with Gasteiger partial charge in [-0.2, -0.15) is 4.31 Å². The predicted octanol–water partition coefficient (Wildman–Crippen LogP) is 3.12. The number of aryl methyl sites for hydroxylation is 1. The van der Waals surface area contributed by atoms with Crippen molar-refractivity contribution < 1.29 is 8.42 Å². The number of sulfonamides is 1. The summed E-state index contributed by atoms with van der Waals surface area (Å²) in [5.41, 5.74) is 2.17. The second-order valence-corrected chi connectivity index (χ2v) is 7.18. The van der Waals surface area contributed by atoms with Gasteiger partial charge in [0.15, 0.2) is 0 Å². The molecular weight excluding hydrogens is 308 g/mol. The number of hydrogen-bond acceptors (Lipinski definition) is 3. The van der Waals surface area contributed by atoms with E-state index in [1.165, 1.54) is 28.2 Å². The molecule has 1 aromatic carbocycles. The minimum atomic E-state index is -3.57. The topological polar surface area (TPSA) is 50.3 Å². The quantitative estimate of drug-likeness (QED) is 0.794. The van der Waals surface area contributed by atoms with Gasteiger partial charge in [-0.25, -0.2) is 13.4 Å². The highest BCUT2D eigenvalue weighted by molar-refractivity contribution is 7.89. The van der Waals surface area contributed by atoms with Crippen LogP contribution in [0.5, 0.6) is 0 Å². The summed E-state index contributed by atoms with van der Waals surface area (Å²) in [5.74, 6) is 0. The maximum absolute atomic E-state index is 12.5. The molecule has 112 valence electrons. The monoisotopic (exact) mass is 324 g/mol. The van der Waals surface area contributed by atoms with Crippen molar-refractivity contribution in [1.82, 2.24) is 9.29 Å². The van der Waals surface area contributed by atoms with Crippen LogP contribution in [0.4, 0.5) is 0 Å². The third kappa shape index (κ3) is 3.81. The van der Waals surface area contributed by atoms with E-state index >= 15 is 0 Å². The Bertz CT molecular complexity index is 715. The zero-order valence-electron chi connectivity index (χ0n) is 12.0. The van der Waals surface area contributed by atoms with Crippen molar-refractivity contribution >= 4 is 21.6 Å². The molecule has 0 fully saturated rings. The molecule has 21 heavy (non-hydrogen) atoms. The summed E-state index contributed by atoms with van der Waals surface area (Å²) in [4.78, 5) is 3.95. The van der Waals surface area contributed by atoms with E-state index in [9.17, 15) is 8.42 Å². The molecule has 6 heteroatoms. The molecule has 0 atom stereocenters. The maximum Gasteiger partial charge on any atom is 0.243 e. The van der Waals surface area contributed by atoms with Gasteiger partial charge in [0, 0.05) is 19.8 Å². The summed E-state index contributed by atoms with van der Waals surface area (Å²) in [5, 5.41) is 0.164. The molecule has 0 saturated carbocycles. The largest absolute Gasteiger partial charge is 0.244 e. The molecule has 0 N–H and O–H groups in total. The van der Waals surface area contributed by atoms with Gasteiger partial charge in [0.25, 0.3) is 0 Å². The van der Waals surface area contributed by atoms with Gasteiger partial charge in [0.05, 0.1) is 4.90 Å². The van der Waals surface area contributed by atoms with Crippen LogP contribution in [0.3, 0.4) is 0 Å². The van der Waals surface area contributed by atoms with Crippen LogP contribution in [-0.4, -0.2) is 24.8 Å². The second-order valence-electron chi connectivity index (χ2n) is 4.75. The molecule has 0 saturated heterocycles. The fourth-order valence-electron chi connectivity index (χ4n) is 1.95. The highest BCUT2D eigenvalue weighted by Crippen LogP contribution is 2.19. The molecule has 0 aliphatic rings. The first kappa shape index (κ1) is 15.9. The summed E-state index contributed by atoms with van der Waals surface area (Å²) >= 11 is 5.76. The van der Waals surface area contributed by atoms with Gasteiger partial charge < -0.3 is 0 Å². The Morgan fingerprint density at radius 3 is 2.33 bits per heavy atom. The third-order valence-electron chi connectivity index (χ3n) is 3.24. The SMILES string of the molecule is CCc1ccc(CN(C)S(=O)(=O)c2ccnc(Cl)c2)cc1. The van der Waals surface area contributed by atoms with Gasteiger partial charge >= 0.3 is 0 Å². The summed E-state index contributed by atoms with van der Waals surface area (Å²) in [7, 11) is -2.01. The molecule has 1 heterocycles. The second kappa shape index (κ2) is 6.56. The van der Waals surface area contributed by atoms with Gasteiger partial charge in [-0.15, -0.1) is 0 Å². The van der Waals surface area contributed by atoms with Crippen LogP contribution in [0.1, 0.15) is 18.1 Å². The minimum absolute atomic E-state index is 0.148.